The number of hydrogen-bond donors (Lipinski definition) is 1. The maximum absolute atomic E-state index is 12.4. The van der Waals surface area contributed by atoms with E-state index in [1.807, 2.05) is 0 Å². The normalized spacial score (nSPS) is 11.1. The smallest absolute Gasteiger partial charge is 0.422 e. The Morgan fingerprint density at radius 2 is 1.93 bits per heavy atom. The average Bonchev–Trinajstić information content (AvgIpc) is 2.60. The van der Waals surface area contributed by atoms with E-state index in [1.165, 1.54) is 25.1 Å². The van der Waals surface area contributed by atoms with Crippen LogP contribution in [-0.2, 0) is 4.74 Å². The molecule has 0 fully saturated rings. The molecule has 2 aromatic rings. The fourth-order valence-corrected chi connectivity index (χ4v) is 2.03. The molecule has 0 bridgehead atoms. The summed E-state index contributed by atoms with van der Waals surface area (Å²) in [5.74, 6) is -3.01. The van der Waals surface area contributed by atoms with Crippen LogP contribution in [0.1, 0.15) is 27.8 Å². The first-order valence-electron chi connectivity index (χ1n) is 7.47. The number of aromatic nitrogens is 2. The van der Waals surface area contributed by atoms with Gasteiger partial charge < -0.3 is 14.6 Å². The van der Waals surface area contributed by atoms with Crippen LogP contribution < -0.4 is 10.3 Å². The Balaban J connectivity index is 2.63. The van der Waals surface area contributed by atoms with E-state index in [4.69, 9.17) is 4.74 Å². The van der Waals surface area contributed by atoms with Gasteiger partial charge in [-0.25, -0.2) is 9.59 Å². The Labute approximate surface area is 149 Å². The summed E-state index contributed by atoms with van der Waals surface area (Å²) in [7, 11) is 0. The van der Waals surface area contributed by atoms with Crippen molar-refractivity contribution in [3.8, 4) is 11.4 Å². The van der Waals surface area contributed by atoms with Gasteiger partial charge in [0.25, 0.3) is 5.56 Å². The van der Waals surface area contributed by atoms with E-state index in [0.29, 0.717) is 4.68 Å². The third-order valence-corrected chi connectivity index (χ3v) is 3.11. The van der Waals surface area contributed by atoms with Gasteiger partial charge in [-0.3, -0.25) is 4.79 Å². The molecule has 0 atom stereocenters. The monoisotopic (exact) mass is 386 g/mol. The van der Waals surface area contributed by atoms with E-state index in [-0.39, 0.29) is 18.0 Å². The van der Waals surface area contributed by atoms with Gasteiger partial charge in [0.1, 0.15) is 17.0 Å². The fraction of sp³-hybridized carbons (Fsp3) is 0.250. The zero-order chi connectivity index (χ0) is 20.2. The first-order valence-corrected chi connectivity index (χ1v) is 7.47. The van der Waals surface area contributed by atoms with Crippen LogP contribution in [0.4, 0.5) is 13.2 Å². The number of ether oxygens (including phenoxy) is 2. The second kappa shape index (κ2) is 7.89. The predicted molar refractivity (Wildman–Crippen MR) is 84.3 cm³/mol. The van der Waals surface area contributed by atoms with Crippen LogP contribution in [0.3, 0.4) is 0 Å². The van der Waals surface area contributed by atoms with Gasteiger partial charge in [-0.1, -0.05) is 12.1 Å². The maximum atomic E-state index is 12.4. The molecule has 0 saturated heterocycles. The molecule has 2 rings (SSSR count). The van der Waals surface area contributed by atoms with Gasteiger partial charge in [0, 0.05) is 0 Å². The summed E-state index contributed by atoms with van der Waals surface area (Å²) in [6.45, 7) is -0.165. The van der Waals surface area contributed by atoms with Crippen LogP contribution in [-0.4, -0.2) is 46.2 Å². The van der Waals surface area contributed by atoms with Crippen molar-refractivity contribution >= 4 is 11.9 Å². The van der Waals surface area contributed by atoms with E-state index >= 15 is 0 Å². The van der Waals surface area contributed by atoms with Crippen molar-refractivity contribution in [2.24, 2.45) is 0 Å². The lowest BCUT2D eigenvalue weighted by molar-refractivity contribution is -0.153. The van der Waals surface area contributed by atoms with Gasteiger partial charge >= 0.3 is 18.1 Å². The molecule has 0 aliphatic carbocycles. The summed E-state index contributed by atoms with van der Waals surface area (Å²) >= 11 is 0. The highest BCUT2D eigenvalue weighted by molar-refractivity contribution is 5.92. The molecule has 0 unspecified atom stereocenters. The number of rotatable bonds is 6. The standard InChI is InChI=1S/C16H13F3N2O6/c1-2-26-15(25)10-7-9(14(23)24)13(22)21(20-10)11-5-3-4-6-12(11)27-8-16(17,18)19/h3-7H,2,8H2,1H3,(H,23,24). The molecule has 27 heavy (non-hydrogen) atoms. The van der Waals surface area contributed by atoms with Crippen molar-refractivity contribution in [3.05, 3.63) is 51.9 Å². The van der Waals surface area contributed by atoms with Crippen LogP contribution in [0.5, 0.6) is 5.75 Å². The molecule has 1 aromatic carbocycles. The zero-order valence-corrected chi connectivity index (χ0v) is 13.8. The second-order valence-corrected chi connectivity index (χ2v) is 5.06. The number of esters is 1. The van der Waals surface area contributed by atoms with E-state index in [1.54, 1.807) is 0 Å². The zero-order valence-electron chi connectivity index (χ0n) is 13.8. The molecule has 0 aliphatic heterocycles. The van der Waals surface area contributed by atoms with Crippen LogP contribution in [0.25, 0.3) is 5.69 Å². The van der Waals surface area contributed by atoms with Crippen molar-refractivity contribution in [1.29, 1.82) is 0 Å². The lowest BCUT2D eigenvalue weighted by Gasteiger charge is -2.14. The van der Waals surface area contributed by atoms with Crippen molar-refractivity contribution in [2.75, 3.05) is 13.2 Å². The highest BCUT2D eigenvalue weighted by Crippen LogP contribution is 2.24. The Bertz CT molecular complexity index is 923. The van der Waals surface area contributed by atoms with Crippen molar-refractivity contribution in [3.63, 3.8) is 0 Å². The highest BCUT2D eigenvalue weighted by Gasteiger charge is 2.29. The van der Waals surface area contributed by atoms with Gasteiger partial charge in [0.05, 0.1) is 6.61 Å². The van der Waals surface area contributed by atoms with Crippen molar-refractivity contribution in [2.45, 2.75) is 13.1 Å². The van der Waals surface area contributed by atoms with Crippen LogP contribution in [0, 0.1) is 0 Å². The SMILES string of the molecule is CCOC(=O)c1cc(C(=O)O)c(=O)n(-c2ccccc2OCC(F)(F)F)n1. The number of carboxylic acid groups (broad SMARTS) is 1. The first kappa shape index (κ1) is 19.9. The van der Waals surface area contributed by atoms with E-state index in [2.05, 4.69) is 9.84 Å². The highest BCUT2D eigenvalue weighted by atomic mass is 19.4. The van der Waals surface area contributed by atoms with Crippen LogP contribution in [0.2, 0.25) is 0 Å². The third-order valence-electron chi connectivity index (χ3n) is 3.11. The van der Waals surface area contributed by atoms with E-state index in [0.717, 1.165) is 12.1 Å². The molecule has 0 saturated carbocycles. The number of carbonyl (C=O) groups is 2. The van der Waals surface area contributed by atoms with Gasteiger partial charge in [-0.05, 0) is 25.1 Å². The number of hydrogen-bond acceptors (Lipinski definition) is 6. The maximum Gasteiger partial charge on any atom is 0.422 e. The number of halogens is 3. The lowest BCUT2D eigenvalue weighted by atomic mass is 10.2. The minimum atomic E-state index is -4.63. The molecule has 144 valence electrons. The molecule has 1 heterocycles. The molecule has 0 spiro atoms. The number of carbonyl (C=O) groups excluding carboxylic acids is 1. The summed E-state index contributed by atoms with van der Waals surface area (Å²) in [4.78, 5) is 35.6. The van der Waals surface area contributed by atoms with E-state index < -0.39 is 41.5 Å². The first-order chi connectivity index (χ1) is 12.6. The summed E-state index contributed by atoms with van der Waals surface area (Å²) in [6.07, 6.45) is -4.63. The summed E-state index contributed by atoms with van der Waals surface area (Å²) < 4.78 is 47.2. The van der Waals surface area contributed by atoms with Gasteiger partial charge in [0.2, 0.25) is 0 Å². The number of para-hydroxylation sites is 2. The Morgan fingerprint density at radius 3 is 2.52 bits per heavy atom. The molecular weight excluding hydrogens is 373 g/mol. The molecule has 11 heteroatoms. The number of aromatic carboxylic acids is 1. The Hall–Kier alpha value is -3.37. The average molecular weight is 386 g/mol. The summed E-state index contributed by atoms with van der Waals surface area (Å²) in [6, 6.07) is 5.81. The third kappa shape index (κ3) is 4.84. The molecule has 0 aliphatic rings. The van der Waals surface area contributed by atoms with Crippen LogP contribution >= 0.6 is 0 Å². The number of alkyl halides is 3. The molecule has 0 amide bonds. The largest absolute Gasteiger partial charge is 0.482 e. The predicted octanol–water partition coefficient (Wildman–Crippen LogP) is 2.05. The molecule has 1 N–H and O–H groups in total. The number of carboxylic acids is 1. The minimum Gasteiger partial charge on any atom is -0.482 e. The van der Waals surface area contributed by atoms with Crippen molar-refractivity contribution < 1.29 is 37.3 Å². The quantitative estimate of drug-likeness (QED) is 0.757. The summed E-state index contributed by atoms with van der Waals surface area (Å²) in [5, 5.41) is 12.9. The lowest BCUT2D eigenvalue weighted by Crippen LogP contribution is -2.30. The fourth-order valence-electron chi connectivity index (χ4n) is 2.03. The van der Waals surface area contributed by atoms with E-state index in [9.17, 15) is 32.7 Å². The van der Waals surface area contributed by atoms with Gasteiger partial charge in [0.15, 0.2) is 12.3 Å². The van der Waals surface area contributed by atoms with Gasteiger partial charge in [-0.15, -0.1) is 0 Å². The Kier molecular flexibility index (Phi) is 5.83. The number of nitrogens with zero attached hydrogens (tertiary/aromatic N) is 2. The molecular formula is C16H13F3N2O6. The number of benzene rings is 1. The van der Waals surface area contributed by atoms with Crippen LogP contribution in [0.15, 0.2) is 35.1 Å². The molecule has 1 aromatic heterocycles. The minimum absolute atomic E-state index is 0.0344. The molecule has 0 radical (unpaired) electrons. The Morgan fingerprint density at radius 1 is 1.26 bits per heavy atom. The van der Waals surface area contributed by atoms with Gasteiger partial charge in [-0.2, -0.15) is 23.0 Å². The summed E-state index contributed by atoms with van der Waals surface area (Å²) in [5.41, 5.74) is -2.72. The second-order valence-electron chi connectivity index (χ2n) is 5.06. The topological polar surface area (TPSA) is 108 Å². The molecule has 8 nitrogen and oxygen atoms in total. The van der Waals surface area contributed by atoms with Crippen molar-refractivity contribution in [1.82, 2.24) is 9.78 Å².